The molecule has 6 heteroatoms. The van der Waals surface area contributed by atoms with Gasteiger partial charge < -0.3 is 10.6 Å². The number of hydrogen-bond acceptors (Lipinski definition) is 4. The van der Waals surface area contributed by atoms with E-state index in [1.54, 1.807) is 11.3 Å². The van der Waals surface area contributed by atoms with Crippen LogP contribution in [0.2, 0.25) is 0 Å². The average Bonchev–Trinajstić information content (AvgIpc) is 3.18. The fraction of sp³-hybridized carbons (Fsp3) is 0.474. The number of likely N-dealkylation sites (tertiary alicyclic amines) is 1. The van der Waals surface area contributed by atoms with Gasteiger partial charge in [0.05, 0.1) is 17.7 Å². The lowest BCUT2D eigenvalue weighted by Gasteiger charge is -2.21. The summed E-state index contributed by atoms with van der Waals surface area (Å²) in [6.45, 7) is 7.17. The Balaban J connectivity index is 1.51. The van der Waals surface area contributed by atoms with Crippen molar-refractivity contribution >= 4 is 17.3 Å². The Labute approximate surface area is 154 Å². The number of nitrogens with one attached hydrogen (secondary N) is 2. The second kappa shape index (κ2) is 8.45. The fourth-order valence-electron chi connectivity index (χ4n) is 3.29. The molecular weight excluding hydrogens is 330 g/mol. The third-order valence-electron chi connectivity index (χ3n) is 4.76. The summed E-state index contributed by atoms with van der Waals surface area (Å²) in [6.07, 6.45) is 1.13. The van der Waals surface area contributed by atoms with Crippen molar-refractivity contribution in [3.63, 3.8) is 0 Å². The van der Waals surface area contributed by atoms with Gasteiger partial charge in [0, 0.05) is 37.1 Å². The highest BCUT2D eigenvalue weighted by atomic mass is 32.1. The van der Waals surface area contributed by atoms with Crippen LogP contribution in [0.1, 0.15) is 29.5 Å². The largest absolute Gasteiger partial charge is 0.352 e. The van der Waals surface area contributed by atoms with E-state index in [0.29, 0.717) is 12.1 Å². The predicted octanol–water partition coefficient (Wildman–Crippen LogP) is 2.78. The highest BCUT2D eigenvalue weighted by Gasteiger charge is 2.29. The number of guanidine groups is 1. The van der Waals surface area contributed by atoms with E-state index in [-0.39, 0.29) is 0 Å². The summed E-state index contributed by atoms with van der Waals surface area (Å²) in [6, 6.07) is 11.7. The van der Waals surface area contributed by atoms with Crippen molar-refractivity contribution < 1.29 is 0 Å². The van der Waals surface area contributed by atoms with Crippen LogP contribution >= 0.6 is 11.3 Å². The van der Waals surface area contributed by atoms with Crippen LogP contribution in [0.3, 0.4) is 0 Å². The second-order valence-electron chi connectivity index (χ2n) is 6.63. The summed E-state index contributed by atoms with van der Waals surface area (Å²) < 4.78 is 0. The van der Waals surface area contributed by atoms with Gasteiger partial charge in [0.1, 0.15) is 0 Å². The minimum atomic E-state index is 0.424. The lowest BCUT2D eigenvalue weighted by atomic mass is 10.2. The van der Waals surface area contributed by atoms with Gasteiger partial charge in [0.15, 0.2) is 5.96 Å². The van der Waals surface area contributed by atoms with Crippen molar-refractivity contribution in [1.29, 1.82) is 0 Å². The molecule has 1 fully saturated rings. The first kappa shape index (κ1) is 17.9. The monoisotopic (exact) mass is 357 g/mol. The molecule has 0 aliphatic carbocycles. The molecule has 2 heterocycles. The SMILES string of the molecule is CN=C(NCc1scnc1C)NC1CC(C)N(Cc2ccccc2)C1. The second-order valence-corrected chi connectivity index (χ2v) is 7.57. The van der Waals surface area contributed by atoms with Gasteiger partial charge in [0.2, 0.25) is 0 Å². The van der Waals surface area contributed by atoms with Gasteiger partial charge in [0.25, 0.3) is 0 Å². The van der Waals surface area contributed by atoms with E-state index >= 15 is 0 Å². The Hall–Kier alpha value is -1.92. The fourth-order valence-corrected chi connectivity index (χ4v) is 4.01. The van der Waals surface area contributed by atoms with Crippen LogP contribution in [0, 0.1) is 6.92 Å². The summed E-state index contributed by atoms with van der Waals surface area (Å²) in [5, 5.41) is 6.98. The molecule has 0 amide bonds. The molecule has 1 aliphatic heterocycles. The molecule has 2 atom stereocenters. The predicted molar refractivity (Wildman–Crippen MR) is 105 cm³/mol. The topological polar surface area (TPSA) is 52.6 Å². The first-order valence-electron chi connectivity index (χ1n) is 8.80. The summed E-state index contributed by atoms with van der Waals surface area (Å²) in [4.78, 5) is 12.5. The molecule has 2 aromatic rings. The van der Waals surface area contributed by atoms with Crippen molar-refractivity contribution in [1.82, 2.24) is 20.5 Å². The van der Waals surface area contributed by atoms with Crippen LogP contribution in [0.25, 0.3) is 0 Å². The molecule has 1 saturated heterocycles. The van der Waals surface area contributed by atoms with Crippen LogP contribution in [-0.2, 0) is 13.1 Å². The third kappa shape index (κ3) is 4.80. The zero-order valence-corrected chi connectivity index (χ0v) is 16.0. The van der Waals surface area contributed by atoms with Gasteiger partial charge in [-0.05, 0) is 25.8 Å². The van der Waals surface area contributed by atoms with E-state index in [4.69, 9.17) is 0 Å². The summed E-state index contributed by atoms with van der Waals surface area (Å²) in [7, 11) is 1.83. The number of nitrogens with zero attached hydrogens (tertiary/aromatic N) is 3. The van der Waals surface area contributed by atoms with Crippen LogP contribution in [0.15, 0.2) is 40.8 Å². The first-order valence-corrected chi connectivity index (χ1v) is 9.67. The Morgan fingerprint density at radius 2 is 2.16 bits per heavy atom. The number of benzene rings is 1. The normalized spacial score (nSPS) is 21.5. The molecule has 2 N–H and O–H groups in total. The number of hydrogen-bond donors (Lipinski definition) is 2. The lowest BCUT2D eigenvalue weighted by molar-refractivity contribution is 0.258. The van der Waals surface area contributed by atoms with Gasteiger partial charge in [-0.15, -0.1) is 11.3 Å². The maximum absolute atomic E-state index is 4.37. The Morgan fingerprint density at radius 3 is 2.84 bits per heavy atom. The number of aryl methyl sites for hydroxylation is 1. The third-order valence-corrected chi connectivity index (χ3v) is 5.69. The number of thiazole rings is 1. The van der Waals surface area contributed by atoms with Gasteiger partial charge >= 0.3 is 0 Å². The lowest BCUT2D eigenvalue weighted by Crippen LogP contribution is -2.44. The van der Waals surface area contributed by atoms with Crippen molar-refractivity contribution in [3.8, 4) is 0 Å². The van der Waals surface area contributed by atoms with E-state index in [0.717, 1.165) is 37.7 Å². The maximum atomic E-state index is 4.37. The molecule has 25 heavy (non-hydrogen) atoms. The molecule has 1 aromatic heterocycles. The molecular formula is C19H27N5S. The maximum Gasteiger partial charge on any atom is 0.191 e. The molecule has 3 rings (SSSR count). The van der Waals surface area contributed by atoms with E-state index in [9.17, 15) is 0 Å². The minimum absolute atomic E-state index is 0.424. The van der Waals surface area contributed by atoms with Crippen molar-refractivity contribution in [2.75, 3.05) is 13.6 Å². The van der Waals surface area contributed by atoms with Gasteiger partial charge in [-0.25, -0.2) is 4.98 Å². The Morgan fingerprint density at radius 1 is 1.36 bits per heavy atom. The van der Waals surface area contributed by atoms with Crippen molar-refractivity contribution in [2.24, 2.45) is 4.99 Å². The minimum Gasteiger partial charge on any atom is -0.352 e. The molecule has 5 nitrogen and oxygen atoms in total. The molecule has 2 unspecified atom stereocenters. The zero-order valence-electron chi connectivity index (χ0n) is 15.2. The quantitative estimate of drug-likeness (QED) is 0.638. The first-order chi connectivity index (χ1) is 12.2. The van der Waals surface area contributed by atoms with E-state index in [1.165, 1.54) is 10.4 Å². The van der Waals surface area contributed by atoms with Gasteiger partial charge in [-0.1, -0.05) is 30.3 Å². The van der Waals surface area contributed by atoms with E-state index < -0.39 is 0 Å². The smallest absolute Gasteiger partial charge is 0.191 e. The highest BCUT2D eigenvalue weighted by Crippen LogP contribution is 2.20. The standard InChI is InChI=1S/C19H27N5S/c1-14-9-17(12-24(14)11-16-7-5-4-6-8-16)23-19(20-3)21-10-18-15(2)22-13-25-18/h4-8,13-14,17H,9-12H2,1-3H3,(H2,20,21,23). The zero-order chi connectivity index (χ0) is 17.6. The van der Waals surface area contributed by atoms with Crippen LogP contribution in [0.4, 0.5) is 0 Å². The van der Waals surface area contributed by atoms with Crippen LogP contribution in [0.5, 0.6) is 0 Å². The van der Waals surface area contributed by atoms with E-state index in [1.807, 2.05) is 19.5 Å². The molecule has 1 aliphatic rings. The Kier molecular flexibility index (Phi) is 6.04. The molecule has 134 valence electrons. The van der Waals surface area contributed by atoms with Crippen molar-refractivity contribution in [3.05, 3.63) is 52.0 Å². The molecule has 0 radical (unpaired) electrons. The summed E-state index contributed by atoms with van der Waals surface area (Å²) in [5.41, 5.74) is 4.36. The summed E-state index contributed by atoms with van der Waals surface area (Å²) in [5.74, 6) is 0.867. The van der Waals surface area contributed by atoms with Crippen molar-refractivity contribution in [2.45, 2.75) is 45.4 Å². The summed E-state index contributed by atoms with van der Waals surface area (Å²) >= 11 is 1.68. The van der Waals surface area contributed by atoms with E-state index in [2.05, 4.69) is 62.8 Å². The van der Waals surface area contributed by atoms with Gasteiger partial charge in [-0.2, -0.15) is 0 Å². The molecule has 0 spiro atoms. The average molecular weight is 358 g/mol. The molecule has 1 aromatic carbocycles. The van der Waals surface area contributed by atoms with Crippen LogP contribution < -0.4 is 10.6 Å². The Bertz CT molecular complexity index is 697. The number of rotatable bonds is 5. The van der Waals surface area contributed by atoms with Crippen LogP contribution in [-0.4, -0.2) is 41.5 Å². The number of aliphatic imine (C=N–C) groups is 1. The molecule has 0 saturated carbocycles. The highest BCUT2D eigenvalue weighted by molar-refractivity contribution is 7.09. The van der Waals surface area contributed by atoms with Gasteiger partial charge in [-0.3, -0.25) is 9.89 Å². The molecule has 0 bridgehead atoms. The number of aromatic nitrogens is 1.